The maximum atomic E-state index is 14.9. The van der Waals surface area contributed by atoms with Crippen LogP contribution in [0.15, 0.2) is 54.0 Å². The van der Waals surface area contributed by atoms with Crippen LogP contribution < -0.4 is 10.6 Å². The van der Waals surface area contributed by atoms with Crippen LogP contribution in [-0.4, -0.2) is 61.0 Å². The molecule has 1 aliphatic rings. The Morgan fingerprint density at radius 2 is 1.93 bits per heavy atom. The third-order valence-corrected chi connectivity index (χ3v) is 7.35. The first-order valence-corrected chi connectivity index (χ1v) is 13.4. The normalized spacial score (nSPS) is 15.6. The second kappa shape index (κ2) is 10.8. The maximum Gasteiger partial charge on any atom is 0.356 e. The highest BCUT2D eigenvalue weighted by molar-refractivity contribution is 6.32. The Morgan fingerprint density at radius 3 is 2.60 bits per heavy atom. The van der Waals surface area contributed by atoms with Crippen molar-refractivity contribution >= 4 is 34.5 Å². The second-order valence-corrected chi connectivity index (χ2v) is 10.5. The molecule has 1 fully saturated rings. The van der Waals surface area contributed by atoms with Crippen molar-refractivity contribution in [2.24, 2.45) is 0 Å². The molecule has 206 valence electrons. The van der Waals surface area contributed by atoms with Gasteiger partial charge in [-0.25, -0.2) is 23.7 Å². The summed E-state index contributed by atoms with van der Waals surface area (Å²) in [5, 5.41) is -0.0223. The van der Waals surface area contributed by atoms with Gasteiger partial charge in [-0.1, -0.05) is 44.2 Å². The molecule has 0 N–H and O–H groups in total. The maximum absolute atomic E-state index is 14.9. The monoisotopic (exact) mass is 561 g/mol. The topological polar surface area (TPSA) is 97.1 Å². The Labute approximate surface area is 236 Å². The molecule has 40 heavy (non-hydrogen) atoms. The number of rotatable bonds is 5. The number of fused-ring (bicyclic) bond motifs is 1. The van der Waals surface area contributed by atoms with Crippen molar-refractivity contribution in [2.75, 3.05) is 24.5 Å². The first-order valence-electron chi connectivity index (χ1n) is 13.0. The Bertz CT molecular complexity index is 1700. The van der Waals surface area contributed by atoms with Gasteiger partial charge in [0.1, 0.15) is 11.5 Å². The number of piperazine rings is 1. The Kier molecular flexibility index (Phi) is 7.37. The molecule has 0 bridgehead atoms. The average Bonchev–Trinajstić information content (AvgIpc) is 2.93. The van der Waals surface area contributed by atoms with E-state index < -0.39 is 11.5 Å². The third kappa shape index (κ3) is 4.72. The largest absolute Gasteiger partial charge is 0.356 e. The number of pyridine rings is 1. The van der Waals surface area contributed by atoms with E-state index in [0.717, 1.165) is 5.56 Å². The highest BCUT2D eigenvalue weighted by Gasteiger charge is 2.31. The Hall–Kier alpha value is -4.18. The fourth-order valence-electron chi connectivity index (χ4n) is 5.11. The van der Waals surface area contributed by atoms with Crippen LogP contribution in [0.1, 0.15) is 37.9 Å². The van der Waals surface area contributed by atoms with Crippen LogP contribution in [0.3, 0.4) is 0 Å². The molecule has 1 saturated heterocycles. The van der Waals surface area contributed by atoms with Gasteiger partial charge in [-0.2, -0.15) is 4.98 Å². The number of aryl methyl sites for hydroxylation is 1. The summed E-state index contributed by atoms with van der Waals surface area (Å²) in [7, 11) is 0. The summed E-state index contributed by atoms with van der Waals surface area (Å²) >= 11 is 6.64. The standard InChI is InChI=1S/C29H29ClFN7O2/c1-6-21(39)36-13-14-37(18(5)15-36)27-24-28(34-23(26(30)33-24)19-9-7-8-10-20(19)31)38(29(40)35-27)25-17(4)11-12-32-22(25)16(2)3/h6-12,16,18H,1,13-15H2,2-5H3/t18-/m0/s1. The SMILES string of the molecule is C=CC(=O)N1CCN(c2nc(=O)n(-c3c(C)ccnc3C(C)C)c3nc(-c4ccccc4F)c(Cl)nc23)[C@@H](C)C1. The molecular weight excluding hydrogens is 533 g/mol. The summed E-state index contributed by atoms with van der Waals surface area (Å²) < 4.78 is 16.3. The summed E-state index contributed by atoms with van der Waals surface area (Å²) in [6.45, 7) is 12.6. The highest BCUT2D eigenvalue weighted by Crippen LogP contribution is 2.34. The minimum absolute atomic E-state index is 0.0154. The van der Waals surface area contributed by atoms with Crippen LogP contribution in [0, 0.1) is 12.7 Å². The zero-order valence-electron chi connectivity index (χ0n) is 22.7. The fourth-order valence-corrected chi connectivity index (χ4v) is 5.34. The quantitative estimate of drug-likeness (QED) is 0.326. The van der Waals surface area contributed by atoms with E-state index in [1.807, 2.05) is 38.7 Å². The van der Waals surface area contributed by atoms with Crippen molar-refractivity contribution in [1.82, 2.24) is 29.4 Å². The lowest BCUT2D eigenvalue weighted by Crippen LogP contribution is -2.54. The third-order valence-electron chi connectivity index (χ3n) is 7.09. The molecule has 0 aliphatic carbocycles. The van der Waals surface area contributed by atoms with Crippen LogP contribution in [0.25, 0.3) is 28.1 Å². The van der Waals surface area contributed by atoms with Gasteiger partial charge in [0, 0.05) is 37.4 Å². The van der Waals surface area contributed by atoms with Crippen LogP contribution in [0.4, 0.5) is 10.2 Å². The first kappa shape index (κ1) is 27.4. The van der Waals surface area contributed by atoms with Gasteiger partial charge in [-0.05, 0) is 49.6 Å². The molecule has 4 aromatic rings. The zero-order chi connectivity index (χ0) is 28.7. The summed E-state index contributed by atoms with van der Waals surface area (Å²) in [5.41, 5.74) is 2.21. The van der Waals surface area contributed by atoms with Crippen LogP contribution in [0.2, 0.25) is 5.15 Å². The number of benzene rings is 1. The lowest BCUT2D eigenvalue weighted by molar-refractivity contribution is -0.126. The number of hydrogen-bond acceptors (Lipinski definition) is 7. The van der Waals surface area contributed by atoms with Gasteiger partial charge in [-0.15, -0.1) is 0 Å². The van der Waals surface area contributed by atoms with E-state index in [0.29, 0.717) is 36.8 Å². The van der Waals surface area contributed by atoms with Gasteiger partial charge in [-0.3, -0.25) is 9.78 Å². The van der Waals surface area contributed by atoms with E-state index in [-0.39, 0.29) is 45.4 Å². The molecule has 9 nitrogen and oxygen atoms in total. The van der Waals surface area contributed by atoms with Crippen LogP contribution >= 0.6 is 11.6 Å². The molecule has 11 heteroatoms. The van der Waals surface area contributed by atoms with E-state index in [1.54, 1.807) is 29.3 Å². The lowest BCUT2D eigenvalue weighted by Gasteiger charge is -2.40. The second-order valence-electron chi connectivity index (χ2n) is 10.1. The van der Waals surface area contributed by atoms with Crippen molar-refractivity contribution < 1.29 is 9.18 Å². The van der Waals surface area contributed by atoms with Crippen LogP contribution in [-0.2, 0) is 4.79 Å². The number of anilines is 1. The number of nitrogens with zero attached hydrogens (tertiary/aromatic N) is 7. The Morgan fingerprint density at radius 1 is 1.18 bits per heavy atom. The summed E-state index contributed by atoms with van der Waals surface area (Å²) in [5.74, 6) is -0.390. The van der Waals surface area contributed by atoms with Gasteiger partial charge >= 0.3 is 5.69 Å². The van der Waals surface area contributed by atoms with E-state index >= 15 is 0 Å². The average molecular weight is 562 g/mol. The van der Waals surface area contributed by atoms with E-state index in [4.69, 9.17) is 16.6 Å². The molecule has 4 heterocycles. The van der Waals surface area contributed by atoms with Crippen molar-refractivity contribution in [3.8, 4) is 16.9 Å². The van der Waals surface area contributed by atoms with Crippen LogP contribution in [0.5, 0.6) is 0 Å². The van der Waals surface area contributed by atoms with Gasteiger partial charge in [0.15, 0.2) is 22.1 Å². The van der Waals surface area contributed by atoms with Gasteiger partial charge < -0.3 is 9.80 Å². The van der Waals surface area contributed by atoms with Gasteiger partial charge in [0.2, 0.25) is 5.91 Å². The summed E-state index contributed by atoms with van der Waals surface area (Å²) in [6, 6.07) is 7.75. The lowest BCUT2D eigenvalue weighted by atomic mass is 10.0. The summed E-state index contributed by atoms with van der Waals surface area (Å²) in [6.07, 6.45) is 2.98. The first-order chi connectivity index (χ1) is 19.1. The number of aromatic nitrogens is 5. The van der Waals surface area contributed by atoms with Crippen molar-refractivity contribution in [3.63, 3.8) is 0 Å². The van der Waals surface area contributed by atoms with Crippen molar-refractivity contribution in [1.29, 1.82) is 0 Å². The molecule has 5 rings (SSSR count). The molecule has 0 radical (unpaired) electrons. The van der Waals surface area contributed by atoms with E-state index in [2.05, 4.69) is 21.5 Å². The molecule has 0 saturated carbocycles. The minimum atomic E-state index is -0.576. The Balaban J connectivity index is 1.81. The molecule has 1 amide bonds. The minimum Gasteiger partial charge on any atom is -0.348 e. The molecule has 0 unspecified atom stereocenters. The number of hydrogen-bond donors (Lipinski definition) is 0. The summed E-state index contributed by atoms with van der Waals surface area (Å²) in [4.78, 5) is 48.2. The fraction of sp³-hybridized carbons (Fsp3) is 0.310. The molecule has 1 atom stereocenters. The number of carbonyl (C=O) groups is 1. The highest BCUT2D eigenvalue weighted by atomic mass is 35.5. The predicted octanol–water partition coefficient (Wildman–Crippen LogP) is 4.69. The smallest absolute Gasteiger partial charge is 0.348 e. The molecule has 1 aromatic carbocycles. The number of halogens is 2. The number of carbonyl (C=O) groups excluding carboxylic acids is 1. The van der Waals surface area contributed by atoms with Crippen molar-refractivity contribution in [3.05, 3.63) is 81.9 Å². The predicted molar refractivity (Wildman–Crippen MR) is 154 cm³/mol. The van der Waals surface area contributed by atoms with Gasteiger partial charge in [0.25, 0.3) is 0 Å². The molecule has 3 aromatic heterocycles. The van der Waals surface area contributed by atoms with Gasteiger partial charge in [0.05, 0.1) is 11.4 Å². The molecule has 1 aliphatic heterocycles. The molecule has 0 spiro atoms. The van der Waals surface area contributed by atoms with Crippen molar-refractivity contribution in [2.45, 2.75) is 39.7 Å². The number of amides is 1. The van der Waals surface area contributed by atoms with E-state index in [9.17, 15) is 14.0 Å². The molecular formula is C29H29ClFN7O2. The van der Waals surface area contributed by atoms with E-state index in [1.165, 1.54) is 16.7 Å². The zero-order valence-corrected chi connectivity index (χ0v) is 23.5.